The van der Waals surface area contributed by atoms with Crippen LogP contribution in [0.25, 0.3) is 0 Å². The molecule has 5 heteroatoms. The fourth-order valence-corrected chi connectivity index (χ4v) is 1.95. The molecular formula is C11H20ClNO3. The fraction of sp³-hybridized carbons (Fsp3) is 0.909. The quantitative estimate of drug-likeness (QED) is 0.693. The maximum absolute atomic E-state index is 11.5. The second kappa shape index (κ2) is 7.87. The minimum atomic E-state index is -0.0342. The van der Waals surface area contributed by atoms with E-state index in [-0.39, 0.29) is 17.4 Å². The van der Waals surface area contributed by atoms with Gasteiger partial charge in [-0.2, -0.15) is 0 Å². The van der Waals surface area contributed by atoms with E-state index in [1.54, 1.807) is 7.11 Å². The van der Waals surface area contributed by atoms with E-state index in [1.807, 2.05) is 0 Å². The van der Waals surface area contributed by atoms with Crippen LogP contribution in [0.5, 0.6) is 0 Å². The average molecular weight is 250 g/mol. The number of nitrogens with one attached hydrogen (secondary N) is 1. The minimum Gasteiger partial charge on any atom is -0.383 e. The van der Waals surface area contributed by atoms with E-state index in [0.717, 1.165) is 25.9 Å². The van der Waals surface area contributed by atoms with E-state index >= 15 is 0 Å². The molecule has 1 N–H and O–H groups in total. The van der Waals surface area contributed by atoms with Gasteiger partial charge in [-0.25, -0.2) is 0 Å². The first-order valence-electron chi connectivity index (χ1n) is 5.73. The van der Waals surface area contributed by atoms with E-state index in [4.69, 9.17) is 21.1 Å². The molecule has 0 saturated carbocycles. The van der Waals surface area contributed by atoms with Gasteiger partial charge in [0.25, 0.3) is 0 Å². The van der Waals surface area contributed by atoms with Crippen LogP contribution in [0.15, 0.2) is 0 Å². The van der Waals surface area contributed by atoms with Crippen molar-refractivity contribution in [1.29, 1.82) is 0 Å². The van der Waals surface area contributed by atoms with Crippen molar-refractivity contribution >= 4 is 17.5 Å². The van der Waals surface area contributed by atoms with Gasteiger partial charge in [0.05, 0.1) is 24.5 Å². The lowest BCUT2D eigenvalue weighted by molar-refractivity contribution is -0.123. The zero-order valence-electron chi connectivity index (χ0n) is 9.71. The maximum atomic E-state index is 11.5. The zero-order valence-corrected chi connectivity index (χ0v) is 10.5. The smallest absolute Gasteiger partial charge is 0.222 e. The Morgan fingerprint density at radius 2 is 2.50 bits per heavy atom. The van der Waals surface area contributed by atoms with Gasteiger partial charge in [0.2, 0.25) is 5.91 Å². The number of hydrogen-bond donors (Lipinski definition) is 1. The molecule has 2 atom stereocenters. The second-order valence-corrected chi connectivity index (χ2v) is 4.65. The van der Waals surface area contributed by atoms with Crippen LogP contribution in [-0.2, 0) is 14.3 Å². The lowest BCUT2D eigenvalue weighted by Crippen LogP contribution is -2.29. The SMILES string of the molecule is COCC(Cl)CCNC(=O)CC1CCCO1. The minimum absolute atomic E-state index is 0.0342. The molecular weight excluding hydrogens is 230 g/mol. The number of rotatable bonds is 7. The molecule has 0 aromatic carbocycles. The molecule has 94 valence electrons. The molecule has 0 aromatic heterocycles. The Bertz CT molecular complexity index is 207. The topological polar surface area (TPSA) is 47.6 Å². The van der Waals surface area contributed by atoms with Gasteiger partial charge in [0, 0.05) is 20.3 Å². The summed E-state index contributed by atoms with van der Waals surface area (Å²) in [6.07, 6.45) is 3.38. The Morgan fingerprint density at radius 1 is 1.69 bits per heavy atom. The molecule has 1 fully saturated rings. The van der Waals surface area contributed by atoms with E-state index in [2.05, 4.69) is 5.32 Å². The first-order chi connectivity index (χ1) is 7.72. The van der Waals surface area contributed by atoms with Crippen molar-refractivity contribution in [2.45, 2.75) is 37.2 Å². The van der Waals surface area contributed by atoms with E-state index < -0.39 is 0 Å². The van der Waals surface area contributed by atoms with Gasteiger partial charge in [-0.3, -0.25) is 4.79 Å². The maximum Gasteiger partial charge on any atom is 0.222 e. The summed E-state index contributed by atoms with van der Waals surface area (Å²) in [6.45, 7) is 1.90. The molecule has 0 bridgehead atoms. The number of methoxy groups -OCH3 is 1. The largest absolute Gasteiger partial charge is 0.383 e. The van der Waals surface area contributed by atoms with Gasteiger partial charge in [-0.15, -0.1) is 11.6 Å². The third-order valence-electron chi connectivity index (χ3n) is 2.56. The van der Waals surface area contributed by atoms with Crippen LogP contribution >= 0.6 is 11.6 Å². The number of hydrogen-bond acceptors (Lipinski definition) is 3. The molecule has 1 rings (SSSR count). The first-order valence-corrected chi connectivity index (χ1v) is 6.17. The number of carbonyl (C=O) groups excluding carboxylic acids is 1. The highest BCUT2D eigenvalue weighted by Gasteiger charge is 2.18. The van der Waals surface area contributed by atoms with Crippen LogP contribution in [-0.4, -0.2) is 44.3 Å². The van der Waals surface area contributed by atoms with Gasteiger partial charge in [0.1, 0.15) is 0 Å². The van der Waals surface area contributed by atoms with Crippen LogP contribution < -0.4 is 5.32 Å². The predicted octanol–water partition coefficient (Wildman–Crippen LogP) is 1.32. The fourth-order valence-electron chi connectivity index (χ4n) is 1.72. The summed E-state index contributed by atoms with van der Waals surface area (Å²) in [5.41, 5.74) is 0. The number of carbonyl (C=O) groups is 1. The Balaban J connectivity index is 2.01. The Labute approximate surface area is 102 Å². The summed E-state index contributed by atoms with van der Waals surface area (Å²) in [4.78, 5) is 11.5. The van der Waals surface area contributed by atoms with Crippen molar-refractivity contribution in [3.63, 3.8) is 0 Å². The summed E-state index contributed by atoms with van der Waals surface area (Å²) in [7, 11) is 1.62. The van der Waals surface area contributed by atoms with Crippen molar-refractivity contribution < 1.29 is 14.3 Å². The monoisotopic (exact) mass is 249 g/mol. The molecule has 2 unspecified atom stereocenters. The van der Waals surface area contributed by atoms with Crippen LogP contribution in [0.2, 0.25) is 0 Å². The molecule has 1 aliphatic heterocycles. The van der Waals surface area contributed by atoms with Gasteiger partial charge < -0.3 is 14.8 Å². The molecule has 0 radical (unpaired) electrons. The summed E-state index contributed by atoms with van der Waals surface area (Å²) < 4.78 is 10.3. The molecule has 1 amide bonds. The standard InChI is InChI=1S/C11H20ClNO3/c1-15-8-9(12)4-5-13-11(14)7-10-3-2-6-16-10/h9-10H,2-8H2,1H3,(H,13,14). The predicted molar refractivity (Wildman–Crippen MR) is 62.7 cm³/mol. The van der Waals surface area contributed by atoms with E-state index in [0.29, 0.717) is 19.6 Å². The average Bonchev–Trinajstić information content (AvgIpc) is 2.70. The number of alkyl halides is 1. The molecule has 1 heterocycles. The molecule has 0 aliphatic carbocycles. The van der Waals surface area contributed by atoms with Crippen LogP contribution in [0.1, 0.15) is 25.7 Å². The molecule has 1 saturated heterocycles. The lowest BCUT2D eigenvalue weighted by Gasteiger charge is -2.11. The van der Waals surface area contributed by atoms with Crippen molar-refractivity contribution in [2.75, 3.05) is 26.9 Å². The van der Waals surface area contributed by atoms with Crippen LogP contribution in [0.3, 0.4) is 0 Å². The van der Waals surface area contributed by atoms with Gasteiger partial charge in [0.15, 0.2) is 0 Å². The highest BCUT2D eigenvalue weighted by atomic mass is 35.5. The second-order valence-electron chi connectivity index (χ2n) is 4.03. The molecule has 16 heavy (non-hydrogen) atoms. The van der Waals surface area contributed by atoms with Gasteiger partial charge in [-0.1, -0.05) is 0 Å². The van der Waals surface area contributed by atoms with Crippen molar-refractivity contribution in [2.24, 2.45) is 0 Å². The number of ether oxygens (including phenoxy) is 2. The normalized spacial score (nSPS) is 22.0. The molecule has 1 aliphatic rings. The van der Waals surface area contributed by atoms with Gasteiger partial charge >= 0.3 is 0 Å². The highest BCUT2D eigenvalue weighted by molar-refractivity contribution is 6.20. The van der Waals surface area contributed by atoms with Crippen LogP contribution in [0.4, 0.5) is 0 Å². The summed E-state index contributed by atoms with van der Waals surface area (Å²) in [5, 5.41) is 2.81. The summed E-state index contributed by atoms with van der Waals surface area (Å²) >= 11 is 5.93. The molecule has 0 spiro atoms. The van der Waals surface area contributed by atoms with Crippen molar-refractivity contribution in [3.05, 3.63) is 0 Å². The molecule has 0 aromatic rings. The Morgan fingerprint density at radius 3 is 3.12 bits per heavy atom. The summed E-state index contributed by atoms with van der Waals surface area (Å²) in [6, 6.07) is 0. The lowest BCUT2D eigenvalue weighted by atomic mass is 10.2. The first kappa shape index (κ1) is 13.7. The third-order valence-corrected chi connectivity index (χ3v) is 2.91. The van der Waals surface area contributed by atoms with Crippen molar-refractivity contribution in [3.8, 4) is 0 Å². The van der Waals surface area contributed by atoms with Crippen LogP contribution in [0, 0.1) is 0 Å². The van der Waals surface area contributed by atoms with Crippen molar-refractivity contribution in [1.82, 2.24) is 5.32 Å². The highest BCUT2D eigenvalue weighted by Crippen LogP contribution is 2.14. The zero-order chi connectivity index (χ0) is 11.8. The van der Waals surface area contributed by atoms with E-state index in [1.165, 1.54) is 0 Å². The van der Waals surface area contributed by atoms with E-state index in [9.17, 15) is 4.79 Å². The van der Waals surface area contributed by atoms with Gasteiger partial charge in [-0.05, 0) is 19.3 Å². The Hall–Kier alpha value is -0.320. The summed E-state index contributed by atoms with van der Waals surface area (Å²) in [5.74, 6) is 0.0492. The molecule has 4 nitrogen and oxygen atoms in total. The number of halogens is 1. The Kier molecular flexibility index (Phi) is 6.76. The third kappa shape index (κ3) is 5.68. The number of amides is 1.